The van der Waals surface area contributed by atoms with Gasteiger partial charge in [-0.1, -0.05) is 19.9 Å². The van der Waals surface area contributed by atoms with Gasteiger partial charge in [-0.15, -0.1) is 6.58 Å². The normalized spacial score (nSPS) is 10.1. The van der Waals surface area contributed by atoms with Gasteiger partial charge in [0.25, 0.3) is 5.69 Å². The standard InChI is InChI=1S/C9H10N2O4S.C2H6/c1-2-7-10-16(14,15)9-5-3-8(4-6-9)11(12)13;1-2/h2-6,10H,1,7H2;1-2H3. The molecular formula is C11H16N2O4S. The Balaban J connectivity index is 0.00000137. The molecule has 0 radical (unpaired) electrons. The molecule has 0 unspecified atom stereocenters. The molecule has 6 nitrogen and oxygen atoms in total. The molecule has 0 aliphatic heterocycles. The monoisotopic (exact) mass is 272 g/mol. The van der Waals surface area contributed by atoms with E-state index in [1.165, 1.54) is 18.2 Å². The zero-order chi connectivity index (χ0) is 14.2. The summed E-state index contributed by atoms with van der Waals surface area (Å²) in [5, 5.41) is 10.4. The zero-order valence-corrected chi connectivity index (χ0v) is 11.1. The van der Waals surface area contributed by atoms with Crippen LogP contribution >= 0.6 is 0 Å². The van der Waals surface area contributed by atoms with Crippen LogP contribution in [0, 0.1) is 10.1 Å². The van der Waals surface area contributed by atoms with Crippen LogP contribution in [0.25, 0.3) is 0 Å². The number of nitro benzene ring substituents is 1. The van der Waals surface area contributed by atoms with E-state index in [9.17, 15) is 18.5 Å². The second kappa shape index (κ2) is 7.57. The molecule has 18 heavy (non-hydrogen) atoms. The van der Waals surface area contributed by atoms with Gasteiger partial charge in [-0.25, -0.2) is 13.1 Å². The lowest BCUT2D eigenvalue weighted by molar-refractivity contribution is -0.384. The first-order chi connectivity index (χ1) is 8.47. The molecule has 0 spiro atoms. The van der Waals surface area contributed by atoms with E-state index in [1.807, 2.05) is 13.8 Å². The van der Waals surface area contributed by atoms with E-state index in [4.69, 9.17) is 0 Å². The number of hydrogen-bond acceptors (Lipinski definition) is 4. The molecule has 0 saturated heterocycles. The molecule has 0 aromatic heterocycles. The van der Waals surface area contributed by atoms with Gasteiger partial charge in [-0.3, -0.25) is 10.1 Å². The van der Waals surface area contributed by atoms with Gasteiger partial charge in [0.05, 0.1) is 9.82 Å². The van der Waals surface area contributed by atoms with Crippen molar-refractivity contribution in [3.8, 4) is 0 Å². The van der Waals surface area contributed by atoms with Gasteiger partial charge in [0, 0.05) is 18.7 Å². The van der Waals surface area contributed by atoms with E-state index in [1.54, 1.807) is 0 Å². The van der Waals surface area contributed by atoms with Crippen molar-refractivity contribution in [2.75, 3.05) is 6.54 Å². The number of nitrogens with zero attached hydrogens (tertiary/aromatic N) is 1. The topological polar surface area (TPSA) is 89.3 Å². The third-order valence-electron chi connectivity index (χ3n) is 1.78. The van der Waals surface area contributed by atoms with Gasteiger partial charge in [0.15, 0.2) is 0 Å². The molecule has 0 aliphatic carbocycles. The summed E-state index contributed by atoms with van der Waals surface area (Å²) in [5.41, 5.74) is -0.150. The van der Waals surface area contributed by atoms with Crippen LogP contribution < -0.4 is 4.72 Å². The molecule has 1 rings (SSSR count). The first-order valence-electron chi connectivity index (χ1n) is 5.32. The predicted octanol–water partition coefficient (Wildman–Crippen LogP) is 2.09. The van der Waals surface area contributed by atoms with Crippen molar-refractivity contribution in [3.63, 3.8) is 0 Å². The molecule has 1 N–H and O–H groups in total. The fourth-order valence-corrected chi connectivity index (χ4v) is 2.00. The second-order valence-electron chi connectivity index (χ2n) is 2.89. The molecule has 0 atom stereocenters. The van der Waals surface area contributed by atoms with Crippen molar-refractivity contribution in [3.05, 3.63) is 47.0 Å². The third-order valence-corrected chi connectivity index (χ3v) is 3.22. The van der Waals surface area contributed by atoms with Gasteiger partial charge < -0.3 is 0 Å². The molecule has 1 aromatic carbocycles. The Kier molecular flexibility index (Phi) is 6.84. The number of rotatable bonds is 5. The van der Waals surface area contributed by atoms with E-state index < -0.39 is 14.9 Å². The minimum atomic E-state index is -3.61. The number of nitrogens with one attached hydrogen (secondary N) is 1. The lowest BCUT2D eigenvalue weighted by Gasteiger charge is -2.03. The Bertz CT molecular complexity index is 494. The maximum Gasteiger partial charge on any atom is 0.269 e. The molecule has 0 bridgehead atoms. The second-order valence-corrected chi connectivity index (χ2v) is 4.66. The highest BCUT2D eigenvalue weighted by Crippen LogP contribution is 2.15. The van der Waals surface area contributed by atoms with Gasteiger partial charge in [0.2, 0.25) is 10.0 Å². The number of sulfonamides is 1. The molecule has 0 fully saturated rings. The highest BCUT2D eigenvalue weighted by molar-refractivity contribution is 7.89. The molecule has 0 amide bonds. The number of benzene rings is 1. The Morgan fingerprint density at radius 2 is 1.83 bits per heavy atom. The van der Waals surface area contributed by atoms with Crippen LogP contribution in [0.2, 0.25) is 0 Å². The SMILES string of the molecule is C=CCNS(=O)(=O)c1ccc([N+](=O)[O-])cc1.CC. The average Bonchev–Trinajstić information content (AvgIpc) is 2.39. The summed E-state index contributed by atoms with van der Waals surface area (Å²) in [6, 6.07) is 4.65. The predicted molar refractivity (Wildman–Crippen MR) is 69.8 cm³/mol. The van der Waals surface area contributed by atoms with E-state index >= 15 is 0 Å². The van der Waals surface area contributed by atoms with Crippen LogP contribution in [-0.2, 0) is 10.0 Å². The lowest BCUT2D eigenvalue weighted by atomic mass is 10.3. The molecular weight excluding hydrogens is 256 g/mol. The Morgan fingerprint density at radius 3 is 2.22 bits per heavy atom. The summed E-state index contributed by atoms with van der Waals surface area (Å²) in [4.78, 5) is 9.76. The van der Waals surface area contributed by atoms with Crippen molar-refractivity contribution < 1.29 is 13.3 Å². The van der Waals surface area contributed by atoms with E-state index in [0.29, 0.717) is 0 Å². The highest BCUT2D eigenvalue weighted by atomic mass is 32.2. The molecule has 7 heteroatoms. The molecule has 0 heterocycles. The first kappa shape index (κ1) is 16.3. The Morgan fingerprint density at radius 1 is 1.33 bits per heavy atom. The smallest absolute Gasteiger partial charge is 0.258 e. The fourth-order valence-electron chi connectivity index (χ4n) is 0.999. The minimum Gasteiger partial charge on any atom is -0.258 e. The third kappa shape index (κ3) is 4.64. The van der Waals surface area contributed by atoms with Crippen LogP contribution in [0.4, 0.5) is 5.69 Å². The number of non-ortho nitro benzene ring substituents is 1. The van der Waals surface area contributed by atoms with Gasteiger partial charge >= 0.3 is 0 Å². The summed E-state index contributed by atoms with van der Waals surface area (Å²) in [7, 11) is -3.61. The van der Waals surface area contributed by atoms with Crippen molar-refractivity contribution in [1.29, 1.82) is 0 Å². The van der Waals surface area contributed by atoms with Crippen LogP contribution in [0.5, 0.6) is 0 Å². The molecule has 1 aromatic rings. The largest absolute Gasteiger partial charge is 0.269 e. The summed E-state index contributed by atoms with van der Waals surface area (Å²) >= 11 is 0. The number of hydrogen-bond donors (Lipinski definition) is 1. The first-order valence-corrected chi connectivity index (χ1v) is 6.80. The van der Waals surface area contributed by atoms with E-state index in [0.717, 1.165) is 12.1 Å². The summed E-state index contributed by atoms with van der Waals surface area (Å²) in [6.45, 7) is 7.49. The minimum absolute atomic E-state index is 0.0139. The fraction of sp³-hybridized carbons (Fsp3) is 0.273. The molecule has 100 valence electrons. The summed E-state index contributed by atoms with van der Waals surface area (Å²) < 4.78 is 25.3. The van der Waals surface area contributed by atoms with Gasteiger partial charge in [0.1, 0.15) is 0 Å². The Hall–Kier alpha value is -1.73. The van der Waals surface area contributed by atoms with Crippen molar-refractivity contribution >= 4 is 15.7 Å². The van der Waals surface area contributed by atoms with Crippen LogP contribution in [0.3, 0.4) is 0 Å². The maximum atomic E-state index is 11.5. The van der Waals surface area contributed by atoms with Gasteiger partial charge in [-0.2, -0.15) is 0 Å². The van der Waals surface area contributed by atoms with Crippen molar-refractivity contribution in [2.45, 2.75) is 18.7 Å². The van der Waals surface area contributed by atoms with E-state index in [2.05, 4.69) is 11.3 Å². The molecule has 0 aliphatic rings. The zero-order valence-electron chi connectivity index (χ0n) is 10.3. The van der Waals surface area contributed by atoms with Crippen molar-refractivity contribution in [1.82, 2.24) is 4.72 Å². The Labute approximate surface area is 107 Å². The van der Waals surface area contributed by atoms with E-state index in [-0.39, 0.29) is 17.1 Å². The molecule has 0 saturated carbocycles. The average molecular weight is 272 g/mol. The summed E-state index contributed by atoms with van der Waals surface area (Å²) in [5.74, 6) is 0. The highest BCUT2D eigenvalue weighted by Gasteiger charge is 2.14. The van der Waals surface area contributed by atoms with Crippen LogP contribution in [0.15, 0.2) is 41.8 Å². The maximum absolute atomic E-state index is 11.5. The quantitative estimate of drug-likeness (QED) is 0.505. The lowest BCUT2D eigenvalue weighted by Crippen LogP contribution is -2.23. The number of nitro groups is 1. The van der Waals surface area contributed by atoms with Crippen LogP contribution in [0.1, 0.15) is 13.8 Å². The van der Waals surface area contributed by atoms with Crippen molar-refractivity contribution in [2.24, 2.45) is 0 Å². The van der Waals surface area contributed by atoms with Crippen LogP contribution in [-0.4, -0.2) is 19.9 Å². The summed E-state index contributed by atoms with van der Waals surface area (Å²) in [6.07, 6.45) is 1.41. The van der Waals surface area contributed by atoms with Gasteiger partial charge in [-0.05, 0) is 12.1 Å².